The number of methoxy groups -OCH3 is 2. The Labute approximate surface area is 186 Å². The van der Waals surface area contributed by atoms with Crippen LogP contribution < -0.4 is 9.47 Å². The van der Waals surface area contributed by atoms with Crippen LogP contribution in [0.2, 0.25) is 0 Å². The quantitative estimate of drug-likeness (QED) is 0.634. The highest BCUT2D eigenvalue weighted by Gasteiger charge is 2.27. The molecule has 2 aromatic rings. The van der Waals surface area contributed by atoms with Gasteiger partial charge < -0.3 is 24.0 Å². The van der Waals surface area contributed by atoms with Crippen molar-refractivity contribution in [1.29, 1.82) is 0 Å². The summed E-state index contributed by atoms with van der Waals surface area (Å²) in [4.78, 5) is 45.4. The van der Waals surface area contributed by atoms with Gasteiger partial charge >= 0.3 is 5.97 Å². The Hall–Kier alpha value is -3.62. The fourth-order valence-electron chi connectivity index (χ4n) is 3.49. The number of aryl methyl sites for hydroxylation is 1. The molecule has 2 amide bonds. The van der Waals surface area contributed by atoms with Crippen molar-refractivity contribution in [3.8, 4) is 11.5 Å². The maximum atomic E-state index is 12.9. The number of amides is 2. The van der Waals surface area contributed by atoms with E-state index in [1.165, 1.54) is 20.3 Å². The van der Waals surface area contributed by atoms with E-state index in [1.807, 2.05) is 0 Å². The molecule has 0 bridgehead atoms. The second-order valence-electron chi connectivity index (χ2n) is 7.24. The molecule has 2 heterocycles. The molecule has 1 aliphatic heterocycles. The zero-order valence-corrected chi connectivity index (χ0v) is 18.7. The minimum absolute atomic E-state index is 0.151. The molecule has 0 aliphatic carbocycles. The highest BCUT2D eigenvalue weighted by molar-refractivity contribution is 5.96. The molecular formula is C23H27N3O6. The van der Waals surface area contributed by atoms with Crippen LogP contribution >= 0.6 is 0 Å². The Bertz CT molecular complexity index is 993. The molecule has 0 radical (unpaired) electrons. The van der Waals surface area contributed by atoms with Crippen LogP contribution in [-0.2, 0) is 4.74 Å². The van der Waals surface area contributed by atoms with Gasteiger partial charge in [-0.1, -0.05) is 0 Å². The SMILES string of the molecule is CCOC(=O)c1ccc(C(=O)N2CCN(C(=O)c3cc(OC)cc(OC)c3)CC2)nc1C. The van der Waals surface area contributed by atoms with Crippen LogP contribution in [0.4, 0.5) is 0 Å². The normalized spacial score (nSPS) is 13.5. The molecule has 1 aromatic carbocycles. The highest BCUT2D eigenvalue weighted by atomic mass is 16.5. The van der Waals surface area contributed by atoms with Gasteiger partial charge in [0.1, 0.15) is 17.2 Å². The van der Waals surface area contributed by atoms with Crippen molar-refractivity contribution < 1.29 is 28.6 Å². The lowest BCUT2D eigenvalue weighted by Gasteiger charge is -2.34. The summed E-state index contributed by atoms with van der Waals surface area (Å²) in [6.45, 7) is 5.21. The lowest BCUT2D eigenvalue weighted by molar-refractivity contribution is 0.0521. The summed E-state index contributed by atoms with van der Waals surface area (Å²) in [7, 11) is 3.06. The van der Waals surface area contributed by atoms with Gasteiger partial charge in [0, 0.05) is 37.8 Å². The average Bonchev–Trinajstić information content (AvgIpc) is 2.82. The number of hydrogen-bond donors (Lipinski definition) is 0. The van der Waals surface area contributed by atoms with Crippen molar-refractivity contribution in [3.05, 3.63) is 52.8 Å². The number of piperazine rings is 1. The summed E-state index contributed by atoms with van der Waals surface area (Å²) in [6, 6.07) is 8.13. The van der Waals surface area contributed by atoms with E-state index in [9.17, 15) is 14.4 Å². The van der Waals surface area contributed by atoms with E-state index in [0.717, 1.165) is 0 Å². The van der Waals surface area contributed by atoms with Crippen molar-refractivity contribution >= 4 is 17.8 Å². The van der Waals surface area contributed by atoms with E-state index in [2.05, 4.69) is 4.98 Å². The number of hydrogen-bond acceptors (Lipinski definition) is 7. The fraction of sp³-hybridized carbons (Fsp3) is 0.391. The summed E-state index contributed by atoms with van der Waals surface area (Å²) in [5.41, 5.74) is 1.50. The first-order chi connectivity index (χ1) is 15.4. The smallest absolute Gasteiger partial charge is 0.339 e. The van der Waals surface area contributed by atoms with Crippen LogP contribution in [0.1, 0.15) is 43.8 Å². The van der Waals surface area contributed by atoms with Crippen molar-refractivity contribution in [1.82, 2.24) is 14.8 Å². The second kappa shape index (κ2) is 10.1. The van der Waals surface area contributed by atoms with E-state index in [-0.39, 0.29) is 24.1 Å². The summed E-state index contributed by atoms with van der Waals surface area (Å²) in [6.07, 6.45) is 0. The molecule has 0 atom stereocenters. The van der Waals surface area contributed by atoms with E-state index in [0.29, 0.717) is 54.5 Å². The maximum absolute atomic E-state index is 12.9. The number of carbonyl (C=O) groups excluding carboxylic acids is 3. The molecule has 1 aromatic heterocycles. The molecule has 3 rings (SSSR count). The van der Waals surface area contributed by atoms with E-state index in [1.54, 1.807) is 47.9 Å². The van der Waals surface area contributed by atoms with Gasteiger partial charge in [-0.15, -0.1) is 0 Å². The molecule has 32 heavy (non-hydrogen) atoms. The van der Waals surface area contributed by atoms with Crippen LogP contribution in [0.15, 0.2) is 30.3 Å². The molecular weight excluding hydrogens is 414 g/mol. The second-order valence-corrected chi connectivity index (χ2v) is 7.24. The molecule has 1 saturated heterocycles. The lowest BCUT2D eigenvalue weighted by atomic mass is 10.1. The topological polar surface area (TPSA) is 98.3 Å². The van der Waals surface area contributed by atoms with Crippen molar-refractivity contribution in [2.45, 2.75) is 13.8 Å². The van der Waals surface area contributed by atoms with Gasteiger partial charge in [0.25, 0.3) is 11.8 Å². The third-order valence-corrected chi connectivity index (χ3v) is 5.25. The molecule has 0 spiro atoms. The Morgan fingerprint density at radius 3 is 1.97 bits per heavy atom. The number of nitrogens with zero attached hydrogens (tertiary/aromatic N) is 3. The molecule has 0 N–H and O–H groups in total. The van der Waals surface area contributed by atoms with Gasteiger partial charge in [0.05, 0.1) is 32.1 Å². The summed E-state index contributed by atoms with van der Waals surface area (Å²) in [5.74, 6) is 0.224. The number of esters is 1. The molecule has 170 valence electrons. The first-order valence-electron chi connectivity index (χ1n) is 10.3. The summed E-state index contributed by atoms with van der Waals surface area (Å²) >= 11 is 0. The third kappa shape index (κ3) is 4.99. The van der Waals surface area contributed by atoms with Gasteiger partial charge in [-0.2, -0.15) is 0 Å². The number of benzene rings is 1. The van der Waals surface area contributed by atoms with Gasteiger partial charge in [-0.3, -0.25) is 9.59 Å². The van der Waals surface area contributed by atoms with E-state index in [4.69, 9.17) is 14.2 Å². The van der Waals surface area contributed by atoms with Gasteiger partial charge in [-0.25, -0.2) is 9.78 Å². The molecule has 9 heteroatoms. The molecule has 0 saturated carbocycles. The van der Waals surface area contributed by atoms with Crippen molar-refractivity contribution in [2.24, 2.45) is 0 Å². The van der Waals surface area contributed by atoms with E-state index < -0.39 is 5.97 Å². The standard InChI is InChI=1S/C23H27N3O6/c1-5-32-23(29)19-6-7-20(24-15(19)2)22(28)26-10-8-25(9-11-26)21(27)16-12-17(30-3)14-18(13-16)31-4/h6-7,12-14H,5,8-11H2,1-4H3. The Morgan fingerprint density at radius 1 is 0.906 bits per heavy atom. The number of carbonyl (C=O) groups is 3. The number of pyridine rings is 1. The lowest BCUT2D eigenvalue weighted by Crippen LogP contribution is -2.50. The zero-order chi connectivity index (χ0) is 23.3. The number of rotatable bonds is 6. The van der Waals surface area contributed by atoms with Crippen molar-refractivity contribution in [2.75, 3.05) is 47.0 Å². The van der Waals surface area contributed by atoms with Crippen molar-refractivity contribution in [3.63, 3.8) is 0 Å². The maximum Gasteiger partial charge on any atom is 0.339 e. The Balaban J connectivity index is 1.65. The van der Waals surface area contributed by atoms with Gasteiger partial charge in [0.2, 0.25) is 0 Å². The van der Waals surface area contributed by atoms with Crippen LogP contribution in [0.3, 0.4) is 0 Å². The number of aromatic nitrogens is 1. The zero-order valence-electron chi connectivity index (χ0n) is 18.7. The van der Waals surface area contributed by atoms with Crippen LogP contribution in [-0.4, -0.2) is 79.6 Å². The summed E-state index contributed by atoms with van der Waals surface area (Å²) < 4.78 is 15.5. The fourth-order valence-corrected chi connectivity index (χ4v) is 3.49. The Morgan fingerprint density at radius 2 is 1.47 bits per heavy atom. The first kappa shape index (κ1) is 23.1. The van der Waals surface area contributed by atoms with E-state index >= 15 is 0 Å². The molecule has 9 nitrogen and oxygen atoms in total. The summed E-state index contributed by atoms with van der Waals surface area (Å²) in [5, 5.41) is 0. The minimum Gasteiger partial charge on any atom is -0.497 e. The highest BCUT2D eigenvalue weighted by Crippen LogP contribution is 2.24. The average molecular weight is 441 g/mol. The van der Waals surface area contributed by atoms with Crippen LogP contribution in [0, 0.1) is 6.92 Å². The Kier molecular flexibility index (Phi) is 7.29. The van der Waals surface area contributed by atoms with Gasteiger partial charge in [-0.05, 0) is 38.1 Å². The predicted molar refractivity (Wildman–Crippen MR) is 116 cm³/mol. The van der Waals surface area contributed by atoms with Crippen LogP contribution in [0.25, 0.3) is 0 Å². The minimum atomic E-state index is -0.460. The largest absolute Gasteiger partial charge is 0.497 e. The third-order valence-electron chi connectivity index (χ3n) is 5.25. The monoisotopic (exact) mass is 441 g/mol. The van der Waals surface area contributed by atoms with Crippen LogP contribution in [0.5, 0.6) is 11.5 Å². The molecule has 0 unspecified atom stereocenters. The number of ether oxygens (including phenoxy) is 3. The molecule has 1 fully saturated rings. The molecule has 1 aliphatic rings. The predicted octanol–water partition coefficient (Wildman–Crippen LogP) is 2.18. The first-order valence-corrected chi connectivity index (χ1v) is 10.3. The van der Waals surface area contributed by atoms with Gasteiger partial charge in [0.15, 0.2) is 0 Å².